The first-order chi connectivity index (χ1) is 13.2. The number of anilines is 2. The Bertz CT molecular complexity index is 1130. The zero-order valence-electron chi connectivity index (χ0n) is 15.9. The van der Waals surface area contributed by atoms with Crippen LogP contribution in [0.3, 0.4) is 0 Å². The van der Waals surface area contributed by atoms with E-state index < -0.39 is 15.9 Å². The molecule has 0 N–H and O–H groups in total. The minimum atomic E-state index is -3.83. The summed E-state index contributed by atoms with van der Waals surface area (Å²) in [5, 5.41) is 0.970. The van der Waals surface area contributed by atoms with E-state index in [0.29, 0.717) is 5.69 Å². The molecule has 0 radical (unpaired) electrons. The Labute approximate surface area is 163 Å². The number of fused-ring (bicyclic) bond motifs is 1. The molecule has 0 fully saturated rings. The largest absolute Gasteiger partial charge is 0.338 e. The van der Waals surface area contributed by atoms with E-state index in [1.807, 2.05) is 30.3 Å². The van der Waals surface area contributed by atoms with Crippen molar-refractivity contribution in [2.24, 2.45) is 0 Å². The molecule has 146 valence electrons. The summed E-state index contributed by atoms with van der Waals surface area (Å²) in [6.45, 7) is 1.32. The lowest BCUT2D eigenvalue weighted by molar-refractivity contribution is -0.118. The van der Waals surface area contributed by atoms with Gasteiger partial charge in [-0.1, -0.05) is 18.2 Å². The summed E-state index contributed by atoms with van der Waals surface area (Å²) in [5.41, 5.74) is 1.68. The van der Waals surface area contributed by atoms with Crippen molar-refractivity contribution in [3.05, 3.63) is 60.8 Å². The summed E-state index contributed by atoms with van der Waals surface area (Å²) in [4.78, 5) is 25.8. The number of para-hydroxylation sites is 1. The van der Waals surface area contributed by atoms with Crippen molar-refractivity contribution >= 4 is 44.1 Å². The molecule has 0 saturated carbocycles. The Balaban J connectivity index is 1.92. The number of hydrogen-bond acceptors (Lipinski definition) is 4. The lowest BCUT2D eigenvalue weighted by Crippen LogP contribution is -2.38. The van der Waals surface area contributed by atoms with Gasteiger partial charge >= 0.3 is 0 Å². The van der Waals surface area contributed by atoms with E-state index in [2.05, 4.69) is 0 Å². The fraction of sp³-hybridized carbons (Fsp3) is 0.200. The van der Waals surface area contributed by atoms with E-state index in [-0.39, 0.29) is 18.1 Å². The molecule has 0 saturated heterocycles. The van der Waals surface area contributed by atoms with E-state index in [4.69, 9.17) is 0 Å². The van der Waals surface area contributed by atoms with E-state index >= 15 is 0 Å². The average molecular weight is 399 g/mol. The molecule has 0 aliphatic rings. The second-order valence-corrected chi connectivity index (χ2v) is 8.35. The van der Waals surface area contributed by atoms with E-state index in [1.54, 1.807) is 29.9 Å². The fourth-order valence-corrected chi connectivity index (χ4v) is 3.93. The first-order valence-electron chi connectivity index (χ1n) is 8.60. The Morgan fingerprint density at radius 2 is 1.57 bits per heavy atom. The maximum Gasteiger partial charge on any atom is 0.260 e. The second-order valence-electron chi connectivity index (χ2n) is 6.52. The highest BCUT2D eigenvalue weighted by Gasteiger charge is 2.26. The number of carbonyl (C=O) groups excluding carboxylic acids is 2. The molecule has 2 amide bonds. The van der Waals surface area contributed by atoms with Gasteiger partial charge in [0.1, 0.15) is 6.54 Å². The monoisotopic (exact) mass is 399 g/mol. The standard InChI is InChI=1S/C20H21N3O4S/c1-15(24)21(2)17-8-10-18(11-9-17)23(28(3,26)27)20(25)14-22-13-12-16-6-4-5-7-19(16)22/h4-13H,14H2,1-3H3. The molecule has 3 aromatic rings. The van der Waals surface area contributed by atoms with Gasteiger partial charge in [0, 0.05) is 31.4 Å². The SMILES string of the molecule is CC(=O)N(C)c1ccc(N(C(=O)Cn2ccc3ccccc32)S(C)(=O)=O)cc1. The maximum atomic E-state index is 12.9. The number of aromatic nitrogens is 1. The lowest BCUT2D eigenvalue weighted by Gasteiger charge is -2.22. The third-order valence-corrected chi connectivity index (χ3v) is 5.57. The zero-order valence-corrected chi connectivity index (χ0v) is 16.7. The molecule has 8 heteroatoms. The van der Waals surface area contributed by atoms with Crippen LogP contribution in [0.5, 0.6) is 0 Å². The van der Waals surface area contributed by atoms with Crippen LogP contribution in [0.15, 0.2) is 60.8 Å². The zero-order chi connectivity index (χ0) is 20.5. The molecule has 28 heavy (non-hydrogen) atoms. The van der Waals surface area contributed by atoms with Gasteiger partial charge in [0.2, 0.25) is 15.9 Å². The summed E-state index contributed by atoms with van der Waals surface area (Å²) in [6.07, 6.45) is 2.75. The predicted molar refractivity (Wildman–Crippen MR) is 110 cm³/mol. The number of benzene rings is 2. The Morgan fingerprint density at radius 1 is 0.964 bits per heavy atom. The van der Waals surface area contributed by atoms with E-state index in [1.165, 1.54) is 24.0 Å². The van der Waals surface area contributed by atoms with Crippen molar-refractivity contribution in [2.75, 3.05) is 22.5 Å². The molecule has 7 nitrogen and oxygen atoms in total. The molecule has 0 atom stereocenters. The summed E-state index contributed by atoms with van der Waals surface area (Å²) in [6, 6.07) is 15.7. The number of carbonyl (C=O) groups is 2. The highest BCUT2D eigenvalue weighted by atomic mass is 32.2. The van der Waals surface area contributed by atoms with Gasteiger partial charge in [-0.3, -0.25) is 9.59 Å². The van der Waals surface area contributed by atoms with Gasteiger partial charge in [0.05, 0.1) is 11.9 Å². The average Bonchev–Trinajstić information content (AvgIpc) is 3.03. The van der Waals surface area contributed by atoms with Crippen LogP contribution in [-0.2, 0) is 26.2 Å². The molecule has 1 heterocycles. The molecule has 1 aromatic heterocycles. The van der Waals surface area contributed by atoms with Crippen molar-refractivity contribution in [3.63, 3.8) is 0 Å². The molecule has 0 bridgehead atoms. The van der Waals surface area contributed by atoms with Gasteiger partial charge in [-0.15, -0.1) is 0 Å². The van der Waals surface area contributed by atoms with Gasteiger partial charge in [-0.05, 0) is 41.8 Å². The molecule has 0 spiro atoms. The molecule has 0 unspecified atom stereocenters. The van der Waals surface area contributed by atoms with E-state index in [0.717, 1.165) is 21.5 Å². The number of rotatable bonds is 5. The first-order valence-corrected chi connectivity index (χ1v) is 10.4. The van der Waals surface area contributed by atoms with E-state index in [9.17, 15) is 18.0 Å². The van der Waals surface area contributed by atoms with Crippen LogP contribution < -0.4 is 9.21 Å². The molecular weight excluding hydrogens is 378 g/mol. The number of sulfonamides is 1. The van der Waals surface area contributed by atoms with Crippen molar-refractivity contribution in [3.8, 4) is 0 Å². The van der Waals surface area contributed by atoms with Crippen LogP contribution in [0.1, 0.15) is 6.92 Å². The summed E-state index contributed by atoms with van der Waals surface area (Å²) in [5.74, 6) is -0.722. The number of nitrogens with zero attached hydrogens (tertiary/aromatic N) is 3. The number of hydrogen-bond donors (Lipinski definition) is 0. The molecule has 3 rings (SSSR count). The van der Waals surface area contributed by atoms with Crippen LogP contribution in [0.4, 0.5) is 11.4 Å². The minimum absolute atomic E-state index is 0.115. The predicted octanol–water partition coefficient (Wildman–Crippen LogP) is 2.62. The highest BCUT2D eigenvalue weighted by molar-refractivity contribution is 7.92. The first kappa shape index (κ1) is 19.6. The topological polar surface area (TPSA) is 79.7 Å². The van der Waals surface area contributed by atoms with Crippen LogP contribution in [-0.4, -0.2) is 38.1 Å². The van der Waals surface area contributed by atoms with Crippen molar-refractivity contribution < 1.29 is 18.0 Å². The number of amides is 2. The molecule has 0 aliphatic carbocycles. The quantitative estimate of drug-likeness (QED) is 0.661. The Hall–Kier alpha value is -3.13. The third kappa shape index (κ3) is 3.91. The van der Waals surface area contributed by atoms with Crippen LogP contribution in [0.25, 0.3) is 10.9 Å². The molecular formula is C20H21N3O4S. The lowest BCUT2D eigenvalue weighted by atomic mass is 10.2. The third-order valence-electron chi connectivity index (χ3n) is 4.49. The Morgan fingerprint density at radius 3 is 2.18 bits per heavy atom. The second kappa shape index (κ2) is 7.47. The van der Waals surface area contributed by atoms with Gasteiger partial charge in [-0.2, -0.15) is 0 Å². The summed E-state index contributed by atoms with van der Waals surface area (Å²) in [7, 11) is -2.21. The van der Waals surface area contributed by atoms with Gasteiger partial charge < -0.3 is 9.47 Å². The fourth-order valence-electron chi connectivity index (χ4n) is 3.00. The molecule has 0 aliphatic heterocycles. The summed E-state index contributed by atoms with van der Waals surface area (Å²) < 4.78 is 27.2. The Kier molecular flexibility index (Phi) is 5.24. The minimum Gasteiger partial charge on any atom is -0.338 e. The highest BCUT2D eigenvalue weighted by Crippen LogP contribution is 2.23. The van der Waals surface area contributed by atoms with Gasteiger partial charge in [0.25, 0.3) is 5.91 Å². The van der Waals surface area contributed by atoms with Crippen LogP contribution >= 0.6 is 0 Å². The van der Waals surface area contributed by atoms with Crippen molar-refractivity contribution in [1.29, 1.82) is 0 Å². The summed E-state index contributed by atoms with van der Waals surface area (Å²) >= 11 is 0. The van der Waals surface area contributed by atoms with Crippen molar-refractivity contribution in [1.82, 2.24) is 4.57 Å². The van der Waals surface area contributed by atoms with Crippen LogP contribution in [0.2, 0.25) is 0 Å². The van der Waals surface area contributed by atoms with Gasteiger partial charge in [-0.25, -0.2) is 12.7 Å². The normalized spacial score (nSPS) is 11.4. The smallest absolute Gasteiger partial charge is 0.260 e. The van der Waals surface area contributed by atoms with Gasteiger partial charge in [0.15, 0.2) is 0 Å². The van der Waals surface area contributed by atoms with Crippen molar-refractivity contribution in [2.45, 2.75) is 13.5 Å². The van der Waals surface area contributed by atoms with Crippen LogP contribution in [0, 0.1) is 0 Å². The molecule has 2 aromatic carbocycles. The maximum absolute atomic E-state index is 12.9.